The normalized spacial score (nSPS) is 16.8. The first kappa shape index (κ1) is 15.0. The number of rotatable bonds is 6. The van der Waals surface area contributed by atoms with E-state index in [1.54, 1.807) is 0 Å². The van der Waals surface area contributed by atoms with Crippen molar-refractivity contribution in [3.05, 3.63) is 0 Å². The Morgan fingerprint density at radius 1 is 1.00 bits per heavy atom. The maximum atomic E-state index is 3.57. The zero-order chi connectivity index (χ0) is 12.1. The Morgan fingerprint density at radius 3 is 1.87 bits per heavy atom. The molecule has 0 spiro atoms. The molecule has 1 N–H and O–H groups in total. The van der Waals surface area contributed by atoms with Crippen molar-refractivity contribution in [3.63, 3.8) is 0 Å². The Balaban J connectivity index is 4.07. The van der Waals surface area contributed by atoms with Crippen LogP contribution in [-0.4, -0.2) is 12.6 Å². The summed E-state index contributed by atoms with van der Waals surface area (Å²) in [5, 5.41) is 3.57. The smallest absolute Gasteiger partial charge is 0.00106 e. The van der Waals surface area contributed by atoms with Gasteiger partial charge in [-0.2, -0.15) is 0 Å². The van der Waals surface area contributed by atoms with Gasteiger partial charge in [0.05, 0.1) is 0 Å². The van der Waals surface area contributed by atoms with E-state index in [9.17, 15) is 0 Å². The van der Waals surface area contributed by atoms with Gasteiger partial charge in [0.2, 0.25) is 0 Å². The molecular weight excluding hydrogens is 182 g/mol. The summed E-state index contributed by atoms with van der Waals surface area (Å²) < 4.78 is 0. The lowest BCUT2D eigenvalue weighted by Gasteiger charge is -2.32. The highest BCUT2D eigenvalue weighted by molar-refractivity contribution is 4.78. The van der Waals surface area contributed by atoms with E-state index < -0.39 is 0 Å². The number of hydrogen-bond acceptors (Lipinski definition) is 1. The van der Waals surface area contributed by atoms with Crippen molar-refractivity contribution < 1.29 is 0 Å². The van der Waals surface area contributed by atoms with Gasteiger partial charge in [0.15, 0.2) is 0 Å². The molecule has 0 saturated carbocycles. The molecule has 0 radical (unpaired) electrons. The van der Waals surface area contributed by atoms with Crippen molar-refractivity contribution in [3.8, 4) is 0 Å². The van der Waals surface area contributed by atoms with Crippen molar-refractivity contribution in [1.82, 2.24) is 5.32 Å². The largest absolute Gasteiger partial charge is 0.314 e. The topological polar surface area (TPSA) is 12.0 Å². The molecule has 0 aromatic heterocycles. The second-order valence-corrected chi connectivity index (χ2v) is 6.76. The molecule has 0 aromatic carbocycles. The van der Waals surface area contributed by atoms with Gasteiger partial charge in [-0.1, -0.05) is 48.5 Å². The van der Waals surface area contributed by atoms with Gasteiger partial charge in [-0.3, -0.25) is 0 Å². The third-order valence-electron chi connectivity index (χ3n) is 3.27. The second-order valence-electron chi connectivity index (χ2n) is 6.76. The summed E-state index contributed by atoms with van der Waals surface area (Å²) >= 11 is 0. The average molecular weight is 213 g/mol. The van der Waals surface area contributed by atoms with Gasteiger partial charge in [-0.15, -0.1) is 0 Å². The number of hydrogen-bond donors (Lipinski definition) is 1. The molecule has 0 bridgehead atoms. The van der Waals surface area contributed by atoms with Crippen LogP contribution in [0, 0.1) is 10.8 Å². The summed E-state index contributed by atoms with van der Waals surface area (Å²) in [6.45, 7) is 17.3. The zero-order valence-electron chi connectivity index (χ0n) is 11.9. The lowest BCUT2D eigenvalue weighted by molar-refractivity contribution is 0.214. The molecule has 0 saturated heterocycles. The minimum Gasteiger partial charge on any atom is -0.314 e. The van der Waals surface area contributed by atoms with Crippen LogP contribution < -0.4 is 5.32 Å². The summed E-state index contributed by atoms with van der Waals surface area (Å²) in [5.74, 6) is 0. The van der Waals surface area contributed by atoms with Gasteiger partial charge in [0.1, 0.15) is 0 Å². The summed E-state index contributed by atoms with van der Waals surface area (Å²) in [6, 6.07) is 0.602. The quantitative estimate of drug-likeness (QED) is 0.696. The molecule has 0 heterocycles. The van der Waals surface area contributed by atoms with Crippen LogP contribution in [0.25, 0.3) is 0 Å². The summed E-state index contributed by atoms with van der Waals surface area (Å²) in [7, 11) is 0. The van der Waals surface area contributed by atoms with Crippen molar-refractivity contribution in [2.75, 3.05) is 6.54 Å². The van der Waals surface area contributed by atoms with Crippen LogP contribution in [0.3, 0.4) is 0 Å². The molecule has 1 nitrogen and oxygen atoms in total. The molecule has 0 aromatic rings. The molecule has 15 heavy (non-hydrogen) atoms. The lowest BCUT2D eigenvalue weighted by Crippen LogP contribution is -2.36. The maximum absolute atomic E-state index is 3.57. The Hall–Kier alpha value is -0.0400. The average Bonchev–Trinajstić information content (AvgIpc) is 2.10. The monoisotopic (exact) mass is 213 g/mol. The van der Waals surface area contributed by atoms with Gasteiger partial charge >= 0.3 is 0 Å². The highest BCUT2D eigenvalue weighted by Crippen LogP contribution is 2.32. The number of nitrogens with one attached hydrogen (secondary N) is 1. The fourth-order valence-electron chi connectivity index (χ4n) is 1.52. The molecule has 0 amide bonds. The molecule has 1 heteroatoms. The SMILES string of the molecule is CCC(C)(CCC(C)(C)C)CNC(C)C. The van der Waals surface area contributed by atoms with Crippen LogP contribution >= 0.6 is 0 Å². The molecule has 0 aliphatic heterocycles. The van der Waals surface area contributed by atoms with E-state index in [0.29, 0.717) is 16.9 Å². The van der Waals surface area contributed by atoms with E-state index >= 15 is 0 Å². The molecule has 0 fully saturated rings. The van der Waals surface area contributed by atoms with Gasteiger partial charge in [-0.25, -0.2) is 0 Å². The summed E-state index contributed by atoms with van der Waals surface area (Å²) in [5.41, 5.74) is 0.936. The first-order valence-electron chi connectivity index (χ1n) is 6.42. The van der Waals surface area contributed by atoms with Crippen LogP contribution in [0.4, 0.5) is 0 Å². The Bertz CT molecular complexity index is 167. The Morgan fingerprint density at radius 2 is 1.53 bits per heavy atom. The fourth-order valence-corrected chi connectivity index (χ4v) is 1.52. The molecule has 0 aliphatic carbocycles. The first-order chi connectivity index (χ1) is 6.68. The maximum Gasteiger partial charge on any atom is 0.00106 e. The third-order valence-corrected chi connectivity index (χ3v) is 3.27. The minimum atomic E-state index is 0.467. The van der Waals surface area contributed by atoms with E-state index in [4.69, 9.17) is 0 Å². The van der Waals surface area contributed by atoms with E-state index in [2.05, 4.69) is 53.8 Å². The predicted molar refractivity (Wildman–Crippen MR) is 70.2 cm³/mol. The van der Waals surface area contributed by atoms with Crippen LogP contribution in [0.15, 0.2) is 0 Å². The third kappa shape index (κ3) is 7.84. The summed E-state index contributed by atoms with van der Waals surface area (Å²) in [6.07, 6.45) is 3.91. The van der Waals surface area contributed by atoms with Crippen LogP contribution in [0.5, 0.6) is 0 Å². The molecular formula is C14H31N. The van der Waals surface area contributed by atoms with Crippen molar-refractivity contribution in [2.24, 2.45) is 10.8 Å². The molecule has 0 aliphatic rings. The van der Waals surface area contributed by atoms with Gasteiger partial charge in [0.25, 0.3) is 0 Å². The van der Waals surface area contributed by atoms with E-state index in [-0.39, 0.29) is 0 Å². The molecule has 1 atom stereocenters. The lowest BCUT2D eigenvalue weighted by atomic mass is 9.77. The predicted octanol–water partition coefficient (Wildman–Crippen LogP) is 4.23. The van der Waals surface area contributed by atoms with Crippen LogP contribution in [-0.2, 0) is 0 Å². The Kier molecular flexibility index (Phi) is 5.87. The molecule has 1 unspecified atom stereocenters. The minimum absolute atomic E-state index is 0.467. The summed E-state index contributed by atoms with van der Waals surface area (Å²) in [4.78, 5) is 0. The molecule has 0 rings (SSSR count). The van der Waals surface area contributed by atoms with Crippen molar-refractivity contribution in [2.45, 2.75) is 73.8 Å². The second kappa shape index (κ2) is 5.89. The Labute approximate surface area is 97.0 Å². The first-order valence-corrected chi connectivity index (χ1v) is 6.42. The highest BCUT2D eigenvalue weighted by atomic mass is 14.9. The molecule has 92 valence electrons. The van der Waals surface area contributed by atoms with E-state index in [1.807, 2.05) is 0 Å². The van der Waals surface area contributed by atoms with E-state index in [1.165, 1.54) is 19.3 Å². The highest BCUT2D eigenvalue weighted by Gasteiger charge is 2.24. The fraction of sp³-hybridized carbons (Fsp3) is 1.00. The van der Waals surface area contributed by atoms with Gasteiger partial charge < -0.3 is 5.32 Å². The van der Waals surface area contributed by atoms with E-state index in [0.717, 1.165) is 6.54 Å². The van der Waals surface area contributed by atoms with Crippen LogP contribution in [0.1, 0.15) is 67.7 Å². The van der Waals surface area contributed by atoms with Crippen molar-refractivity contribution in [1.29, 1.82) is 0 Å². The van der Waals surface area contributed by atoms with Crippen LogP contribution in [0.2, 0.25) is 0 Å². The van der Waals surface area contributed by atoms with Crippen molar-refractivity contribution >= 4 is 0 Å². The van der Waals surface area contributed by atoms with Gasteiger partial charge in [-0.05, 0) is 30.1 Å². The van der Waals surface area contributed by atoms with Gasteiger partial charge in [0, 0.05) is 12.6 Å². The zero-order valence-corrected chi connectivity index (χ0v) is 11.9. The standard InChI is InChI=1S/C14H31N/c1-8-14(7,11-15-12(2)3)10-9-13(4,5)6/h12,15H,8-11H2,1-7H3.